The van der Waals surface area contributed by atoms with Gasteiger partial charge in [0.15, 0.2) is 11.5 Å². The average Bonchev–Trinajstić information content (AvgIpc) is 2.89. The van der Waals surface area contributed by atoms with Gasteiger partial charge in [-0.15, -0.1) is 0 Å². The molecular formula is C27H34ClN2O7-. The number of carboxylic acid groups (broad SMARTS) is 1. The zero-order valence-corrected chi connectivity index (χ0v) is 22.3. The van der Waals surface area contributed by atoms with E-state index in [2.05, 4.69) is 5.32 Å². The fourth-order valence-corrected chi connectivity index (χ4v) is 4.45. The third-order valence-corrected chi connectivity index (χ3v) is 6.36. The van der Waals surface area contributed by atoms with Gasteiger partial charge in [0.1, 0.15) is 12.1 Å². The van der Waals surface area contributed by atoms with Crippen LogP contribution in [-0.2, 0) is 38.5 Å². The Morgan fingerprint density at radius 2 is 1.70 bits per heavy atom. The van der Waals surface area contributed by atoms with E-state index in [9.17, 15) is 19.5 Å². The topological polar surface area (TPSA) is 114 Å². The van der Waals surface area contributed by atoms with Gasteiger partial charge >= 0.3 is 11.9 Å². The van der Waals surface area contributed by atoms with Crippen LogP contribution in [0.4, 0.5) is 0 Å². The summed E-state index contributed by atoms with van der Waals surface area (Å²) in [5, 5.41) is 13.0. The number of halogens is 1. The summed E-state index contributed by atoms with van der Waals surface area (Å²) in [5.74, 6) is -0.930. The van der Waals surface area contributed by atoms with E-state index in [4.69, 9.17) is 14.2 Å². The van der Waals surface area contributed by atoms with Gasteiger partial charge in [-0.25, -0.2) is 4.79 Å². The predicted octanol–water partition coefficient (Wildman–Crippen LogP) is -0.412. The summed E-state index contributed by atoms with van der Waals surface area (Å²) < 4.78 is 15.9. The SMILES string of the molecule is CCOC(=O)C(CCc1ccccc1)NC(C)C(=O)N1Cc2cc(OC)c(OC)cc2CC1C(=O)O.[Cl-]. The van der Waals surface area contributed by atoms with E-state index < -0.39 is 36.0 Å². The number of fused-ring (bicyclic) bond motifs is 1. The summed E-state index contributed by atoms with van der Waals surface area (Å²) in [4.78, 5) is 39.6. The Balaban J connectivity index is 0.00000481. The number of benzene rings is 2. The van der Waals surface area contributed by atoms with Crippen molar-refractivity contribution in [3.05, 3.63) is 59.2 Å². The second kappa shape index (κ2) is 13.9. The Labute approximate surface area is 223 Å². The molecule has 1 aliphatic rings. The highest BCUT2D eigenvalue weighted by atomic mass is 35.5. The van der Waals surface area contributed by atoms with Crippen LogP contribution in [-0.4, -0.2) is 66.8 Å². The minimum absolute atomic E-state index is 0. The lowest BCUT2D eigenvalue weighted by atomic mass is 9.92. The zero-order valence-electron chi connectivity index (χ0n) is 21.5. The molecule has 0 spiro atoms. The van der Waals surface area contributed by atoms with Crippen molar-refractivity contribution < 1.29 is 46.1 Å². The third-order valence-electron chi connectivity index (χ3n) is 6.36. The molecule has 37 heavy (non-hydrogen) atoms. The van der Waals surface area contributed by atoms with Gasteiger partial charge in [0.2, 0.25) is 5.91 Å². The second-order valence-electron chi connectivity index (χ2n) is 8.72. The van der Waals surface area contributed by atoms with E-state index in [-0.39, 0.29) is 32.0 Å². The summed E-state index contributed by atoms with van der Waals surface area (Å²) >= 11 is 0. The molecule has 1 aliphatic heterocycles. The molecule has 0 bridgehead atoms. The summed E-state index contributed by atoms with van der Waals surface area (Å²) in [6.07, 6.45) is 1.19. The molecule has 0 saturated heterocycles. The number of nitrogens with one attached hydrogen (secondary N) is 1. The number of amides is 1. The molecule has 9 nitrogen and oxygen atoms in total. The maximum atomic E-state index is 13.5. The predicted molar refractivity (Wildman–Crippen MR) is 133 cm³/mol. The molecule has 3 atom stereocenters. The lowest BCUT2D eigenvalue weighted by molar-refractivity contribution is -0.153. The van der Waals surface area contributed by atoms with E-state index in [1.807, 2.05) is 30.3 Å². The van der Waals surface area contributed by atoms with E-state index in [0.717, 1.165) is 16.7 Å². The highest BCUT2D eigenvalue weighted by Crippen LogP contribution is 2.35. The normalized spacial score (nSPS) is 16.0. The molecule has 3 unspecified atom stereocenters. The number of methoxy groups -OCH3 is 2. The van der Waals surface area contributed by atoms with Gasteiger partial charge in [-0.2, -0.15) is 0 Å². The largest absolute Gasteiger partial charge is 1.00 e. The van der Waals surface area contributed by atoms with Gasteiger partial charge in [0, 0.05) is 13.0 Å². The van der Waals surface area contributed by atoms with Crippen molar-refractivity contribution in [1.29, 1.82) is 0 Å². The molecule has 0 fully saturated rings. The van der Waals surface area contributed by atoms with Crippen LogP contribution in [0.1, 0.15) is 37.0 Å². The van der Waals surface area contributed by atoms with Crippen LogP contribution in [0, 0.1) is 0 Å². The van der Waals surface area contributed by atoms with Gasteiger partial charge in [-0.3, -0.25) is 14.9 Å². The maximum Gasteiger partial charge on any atom is 0.326 e. The first kappa shape index (κ1) is 29.9. The van der Waals surface area contributed by atoms with Crippen LogP contribution in [0.15, 0.2) is 42.5 Å². The van der Waals surface area contributed by atoms with Crippen LogP contribution in [0.2, 0.25) is 0 Å². The Kier molecular flexibility index (Phi) is 11.2. The quantitative estimate of drug-likeness (QED) is 0.375. The number of esters is 1. The monoisotopic (exact) mass is 533 g/mol. The summed E-state index contributed by atoms with van der Waals surface area (Å²) in [5.41, 5.74) is 2.64. The first-order valence-corrected chi connectivity index (χ1v) is 12.0. The third kappa shape index (κ3) is 7.36. The molecule has 2 aromatic carbocycles. The van der Waals surface area contributed by atoms with Crippen molar-refractivity contribution in [3.8, 4) is 11.5 Å². The fraction of sp³-hybridized carbons (Fsp3) is 0.444. The Morgan fingerprint density at radius 1 is 1.08 bits per heavy atom. The molecule has 10 heteroatoms. The first-order chi connectivity index (χ1) is 17.3. The molecule has 2 N–H and O–H groups in total. The van der Waals surface area contributed by atoms with Gasteiger partial charge in [-0.1, -0.05) is 30.3 Å². The first-order valence-electron chi connectivity index (χ1n) is 12.0. The minimum Gasteiger partial charge on any atom is -1.00 e. The van der Waals surface area contributed by atoms with Crippen LogP contribution in [0.5, 0.6) is 11.5 Å². The van der Waals surface area contributed by atoms with E-state index in [1.165, 1.54) is 19.1 Å². The summed E-state index contributed by atoms with van der Waals surface area (Å²) in [7, 11) is 3.04. The number of carbonyl (C=O) groups excluding carboxylic acids is 2. The molecule has 0 aliphatic carbocycles. The lowest BCUT2D eigenvalue weighted by Crippen LogP contribution is -3.00. The van der Waals surface area contributed by atoms with Crippen molar-refractivity contribution >= 4 is 17.8 Å². The second-order valence-corrected chi connectivity index (χ2v) is 8.72. The Bertz CT molecular complexity index is 1080. The molecule has 1 amide bonds. The van der Waals surface area contributed by atoms with Crippen LogP contribution in [0.25, 0.3) is 0 Å². The number of ether oxygens (including phenoxy) is 3. The lowest BCUT2D eigenvalue weighted by Gasteiger charge is -2.37. The number of hydrogen-bond acceptors (Lipinski definition) is 7. The van der Waals surface area contributed by atoms with E-state index >= 15 is 0 Å². The van der Waals surface area contributed by atoms with Gasteiger partial charge in [-0.05, 0) is 55.5 Å². The van der Waals surface area contributed by atoms with Crippen molar-refractivity contribution in [2.24, 2.45) is 0 Å². The molecule has 202 valence electrons. The smallest absolute Gasteiger partial charge is 0.326 e. The van der Waals surface area contributed by atoms with Crippen molar-refractivity contribution in [2.75, 3.05) is 20.8 Å². The van der Waals surface area contributed by atoms with Crippen LogP contribution < -0.4 is 27.2 Å². The number of aliphatic carboxylic acids is 1. The maximum absolute atomic E-state index is 13.5. The summed E-state index contributed by atoms with van der Waals surface area (Å²) in [6.45, 7) is 3.69. The highest BCUT2D eigenvalue weighted by molar-refractivity contribution is 5.88. The number of aryl methyl sites for hydroxylation is 1. The fourth-order valence-electron chi connectivity index (χ4n) is 4.45. The number of hydrogen-bond donors (Lipinski definition) is 2. The number of rotatable bonds is 11. The molecule has 0 saturated carbocycles. The van der Waals surface area contributed by atoms with E-state index in [1.54, 1.807) is 26.0 Å². The van der Waals surface area contributed by atoms with Crippen molar-refractivity contribution in [1.82, 2.24) is 10.2 Å². The number of carbonyl (C=O) groups is 3. The van der Waals surface area contributed by atoms with Gasteiger partial charge in [0.05, 0.1) is 26.9 Å². The molecule has 0 radical (unpaired) electrons. The molecular weight excluding hydrogens is 500 g/mol. The van der Waals surface area contributed by atoms with Crippen molar-refractivity contribution in [3.63, 3.8) is 0 Å². The standard InChI is InChI=1S/C27H34N2O7.ClH/c1-5-36-27(33)21(12-11-18-9-7-6-8-10-18)28-17(2)25(30)29-16-20-15-24(35-4)23(34-3)14-19(20)13-22(29)26(31)32;/h6-10,14-15,17,21-22,28H,5,11-13,16H2,1-4H3,(H,31,32);1H/p-1. The van der Waals surface area contributed by atoms with Crippen LogP contribution in [0.3, 0.4) is 0 Å². The Morgan fingerprint density at radius 3 is 2.27 bits per heavy atom. The van der Waals surface area contributed by atoms with Crippen LogP contribution >= 0.6 is 0 Å². The minimum atomic E-state index is -1.10. The number of nitrogens with zero attached hydrogens (tertiary/aromatic N) is 1. The summed E-state index contributed by atoms with van der Waals surface area (Å²) in [6, 6.07) is 10.7. The molecule has 3 rings (SSSR count). The zero-order chi connectivity index (χ0) is 26.2. The van der Waals surface area contributed by atoms with Crippen molar-refractivity contribution in [2.45, 2.75) is 57.8 Å². The van der Waals surface area contributed by atoms with Gasteiger partial charge < -0.3 is 36.6 Å². The average molecular weight is 534 g/mol. The van der Waals surface area contributed by atoms with E-state index in [0.29, 0.717) is 24.3 Å². The highest BCUT2D eigenvalue weighted by Gasteiger charge is 2.38. The molecule has 0 aromatic heterocycles. The molecule has 1 heterocycles. The molecule has 2 aromatic rings. The Hall–Kier alpha value is -3.30. The van der Waals surface area contributed by atoms with Gasteiger partial charge in [0.25, 0.3) is 0 Å². The number of carboxylic acids is 1.